The van der Waals surface area contributed by atoms with E-state index in [0.29, 0.717) is 6.42 Å². The maximum Gasteiger partial charge on any atom is 0.320 e. The van der Waals surface area contributed by atoms with Crippen LogP contribution in [0.1, 0.15) is 42.1 Å². The van der Waals surface area contributed by atoms with E-state index in [2.05, 4.69) is 25.8 Å². The first kappa shape index (κ1) is 17.1. The van der Waals surface area contributed by atoms with E-state index in [-0.39, 0.29) is 6.04 Å². The Morgan fingerprint density at radius 3 is 2.75 bits per heavy atom. The van der Waals surface area contributed by atoms with Crippen molar-refractivity contribution >= 4 is 21.9 Å². The second kappa shape index (κ2) is 7.45. The van der Waals surface area contributed by atoms with E-state index in [1.807, 2.05) is 49.5 Å². The number of pyridine rings is 1. The van der Waals surface area contributed by atoms with Crippen molar-refractivity contribution in [3.63, 3.8) is 0 Å². The zero-order valence-electron chi connectivity index (χ0n) is 13.7. The lowest BCUT2D eigenvalue weighted by Gasteiger charge is -2.39. The van der Waals surface area contributed by atoms with E-state index in [1.54, 1.807) is 0 Å². The zero-order chi connectivity index (χ0) is 17.1. The predicted molar refractivity (Wildman–Crippen MR) is 96.9 cm³/mol. The van der Waals surface area contributed by atoms with Crippen molar-refractivity contribution < 1.29 is 9.90 Å². The van der Waals surface area contributed by atoms with Crippen molar-refractivity contribution in [2.45, 2.75) is 38.3 Å². The Morgan fingerprint density at radius 2 is 2.08 bits per heavy atom. The summed E-state index contributed by atoms with van der Waals surface area (Å²) in [5.74, 6) is -0.751. The number of halogens is 1. The van der Waals surface area contributed by atoms with Crippen molar-refractivity contribution in [3.8, 4) is 0 Å². The number of benzene rings is 1. The van der Waals surface area contributed by atoms with Crippen LogP contribution in [0.2, 0.25) is 0 Å². The van der Waals surface area contributed by atoms with Crippen LogP contribution in [-0.2, 0) is 4.79 Å². The van der Waals surface area contributed by atoms with Crippen LogP contribution in [0.3, 0.4) is 0 Å². The minimum absolute atomic E-state index is 0.164. The standard InChI is InChI=1S/C19H21BrN2O2/c1-13-9-10-16(21-12-13)18(14-6-2-3-7-15(14)20)22-11-5-4-8-17(22)19(23)24/h2-3,6-7,9-10,12,17-18H,4-5,8,11H2,1H3,(H,23,24). The Kier molecular flexibility index (Phi) is 5.31. The number of aliphatic carboxylic acids is 1. The predicted octanol–water partition coefficient (Wildman–Crippen LogP) is 4.18. The highest BCUT2D eigenvalue weighted by Gasteiger charge is 2.36. The van der Waals surface area contributed by atoms with Crippen LogP contribution in [-0.4, -0.2) is 33.5 Å². The summed E-state index contributed by atoms with van der Waals surface area (Å²) in [6.45, 7) is 2.77. The summed E-state index contributed by atoms with van der Waals surface area (Å²) < 4.78 is 0.979. The molecule has 0 amide bonds. The fourth-order valence-corrected chi connectivity index (χ4v) is 3.88. The average molecular weight is 389 g/mol. The first-order valence-corrected chi connectivity index (χ1v) is 9.03. The number of aryl methyl sites for hydroxylation is 1. The van der Waals surface area contributed by atoms with Crippen molar-refractivity contribution in [1.82, 2.24) is 9.88 Å². The number of hydrogen-bond acceptors (Lipinski definition) is 3. The molecule has 1 aliphatic heterocycles. The molecule has 2 atom stereocenters. The summed E-state index contributed by atoms with van der Waals surface area (Å²) in [5, 5.41) is 9.69. The third-order valence-corrected chi connectivity index (χ3v) is 5.30. The van der Waals surface area contributed by atoms with Gasteiger partial charge in [0.2, 0.25) is 0 Å². The summed E-state index contributed by atoms with van der Waals surface area (Å²) in [7, 11) is 0. The van der Waals surface area contributed by atoms with E-state index >= 15 is 0 Å². The Morgan fingerprint density at radius 1 is 1.29 bits per heavy atom. The zero-order valence-corrected chi connectivity index (χ0v) is 15.2. The van der Waals surface area contributed by atoms with Gasteiger partial charge in [-0.25, -0.2) is 0 Å². The molecule has 0 aliphatic carbocycles. The van der Waals surface area contributed by atoms with Gasteiger partial charge in [-0.1, -0.05) is 46.6 Å². The number of hydrogen-bond donors (Lipinski definition) is 1. The van der Waals surface area contributed by atoms with Gasteiger partial charge >= 0.3 is 5.97 Å². The number of carbonyl (C=O) groups is 1. The molecule has 24 heavy (non-hydrogen) atoms. The Labute approximate surface area is 150 Å². The minimum Gasteiger partial charge on any atom is -0.480 e. The van der Waals surface area contributed by atoms with Crippen LogP contribution in [0.15, 0.2) is 47.1 Å². The topological polar surface area (TPSA) is 53.4 Å². The van der Waals surface area contributed by atoms with Gasteiger partial charge in [-0.05, 0) is 49.6 Å². The molecule has 2 aromatic rings. The number of likely N-dealkylation sites (tertiary alicyclic amines) is 1. The third kappa shape index (κ3) is 3.52. The molecular weight excluding hydrogens is 368 g/mol. The van der Waals surface area contributed by atoms with Crippen LogP contribution in [0.5, 0.6) is 0 Å². The number of rotatable bonds is 4. The van der Waals surface area contributed by atoms with Gasteiger partial charge in [-0.2, -0.15) is 0 Å². The van der Waals surface area contributed by atoms with Gasteiger partial charge in [0.25, 0.3) is 0 Å². The van der Waals surface area contributed by atoms with E-state index in [4.69, 9.17) is 0 Å². The van der Waals surface area contributed by atoms with E-state index in [1.165, 1.54) is 0 Å². The summed E-state index contributed by atoms with van der Waals surface area (Å²) >= 11 is 3.63. The molecule has 1 fully saturated rings. The normalized spacial score (nSPS) is 19.8. The van der Waals surface area contributed by atoms with Crippen molar-refractivity contribution in [1.29, 1.82) is 0 Å². The number of carboxylic acid groups (broad SMARTS) is 1. The fourth-order valence-electron chi connectivity index (χ4n) is 3.37. The van der Waals surface area contributed by atoms with Crippen molar-refractivity contribution in [2.75, 3.05) is 6.54 Å². The number of carboxylic acids is 1. The molecule has 1 aromatic carbocycles. The highest BCUT2D eigenvalue weighted by Crippen LogP contribution is 2.36. The minimum atomic E-state index is -0.751. The molecule has 0 radical (unpaired) electrons. The van der Waals surface area contributed by atoms with Gasteiger partial charge in [0, 0.05) is 10.7 Å². The van der Waals surface area contributed by atoms with Crippen LogP contribution in [0, 0.1) is 6.92 Å². The number of aromatic nitrogens is 1. The Hall–Kier alpha value is -1.72. The molecule has 1 aliphatic rings. The highest BCUT2D eigenvalue weighted by atomic mass is 79.9. The van der Waals surface area contributed by atoms with Gasteiger partial charge in [0.15, 0.2) is 0 Å². The second-order valence-electron chi connectivity index (χ2n) is 6.27. The maximum absolute atomic E-state index is 11.8. The molecule has 1 aromatic heterocycles. The summed E-state index contributed by atoms with van der Waals surface area (Å²) in [5.41, 5.74) is 3.04. The highest BCUT2D eigenvalue weighted by molar-refractivity contribution is 9.10. The SMILES string of the molecule is Cc1ccc(C(c2ccccc2Br)N2CCCCC2C(=O)O)nc1. The second-order valence-corrected chi connectivity index (χ2v) is 7.13. The molecular formula is C19H21BrN2O2. The largest absolute Gasteiger partial charge is 0.480 e. The summed E-state index contributed by atoms with van der Waals surface area (Å²) in [6, 6.07) is 11.4. The van der Waals surface area contributed by atoms with Gasteiger partial charge in [0.1, 0.15) is 6.04 Å². The van der Waals surface area contributed by atoms with Crippen LogP contribution >= 0.6 is 15.9 Å². The van der Waals surface area contributed by atoms with Gasteiger partial charge in [-0.15, -0.1) is 0 Å². The van der Waals surface area contributed by atoms with Crippen LogP contribution < -0.4 is 0 Å². The smallest absolute Gasteiger partial charge is 0.320 e. The molecule has 126 valence electrons. The summed E-state index contributed by atoms with van der Waals surface area (Å²) in [6.07, 6.45) is 4.50. The molecule has 2 unspecified atom stereocenters. The first-order valence-electron chi connectivity index (χ1n) is 8.23. The first-order chi connectivity index (χ1) is 11.6. The van der Waals surface area contributed by atoms with Gasteiger partial charge < -0.3 is 5.11 Å². The third-order valence-electron chi connectivity index (χ3n) is 4.58. The fraction of sp³-hybridized carbons (Fsp3) is 0.368. The molecule has 5 heteroatoms. The molecule has 4 nitrogen and oxygen atoms in total. The van der Waals surface area contributed by atoms with Crippen LogP contribution in [0.4, 0.5) is 0 Å². The van der Waals surface area contributed by atoms with Crippen molar-refractivity contribution in [2.24, 2.45) is 0 Å². The molecule has 0 saturated carbocycles. The number of nitrogens with zero attached hydrogens (tertiary/aromatic N) is 2. The monoisotopic (exact) mass is 388 g/mol. The Bertz CT molecular complexity index is 718. The van der Waals surface area contributed by atoms with E-state index in [0.717, 1.165) is 40.7 Å². The van der Waals surface area contributed by atoms with Gasteiger partial charge in [-0.3, -0.25) is 14.7 Å². The lowest BCUT2D eigenvalue weighted by molar-refractivity contribution is -0.145. The van der Waals surface area contributed by atoms with Crippen LogP contribution in [0.25, 0.3) is 0 Å². The lowest BCUT2D eigenvalue weighted by Crippen LogP contribution is -2.47. The average Bonchev–Trinajstić information content (AvgIpc) is 2.59. The van der Waals surface area contributed by atoms with E-state index in [9.17, 15) is 9.90 Å². The molecule has 1 saturated heterocycles. The molecule has 0 spiro atoms. The number of piperidine rings is 1. The van der Waals surface area contributed by atoms with E-state index < -0.39 is 12.0 Å². The molecule has 1 N–H and O–H groups in total. The summed E-state index contributed by atoms with van der Waals surface area (Å²) in [4.78, 5) is 18.5. The molecule has 0 bridgehead atoms. The maximum atomic E-state index is 11.8. The lowest BCUT2D eigenvalue weighted by atomic mass is 9.94. The van der Waals surface area contributed by atoms with Crippen molar-refractivity contribution in [3.05, 3.63) is 63.9 Å². The van der Waals surface area contributed by atoms with Gasteiger partial charge in [0.05, 0.1) is 11.7 Å². The molecule has 2 heterocycles. The quantitative estimate of drug-likeness (QED) is 0.853. The Balaban J connectivity index is 2.09. The molecule has 3 rings (SSSR count).